The Bertz CT molecular complexity index is 851. The van der Waals surface area contributed by atoms with Crippen LogP contribution in [0.5, 0.6) is 0 Å². The second kappa shape index (κ2) is 6.24. The fourth-order valence-corrected chi connectivity index (χ4v) is 4.77. The van der Waals surface area contributed by atoms with Gasteiger partial charge in [-0.25, -0.2) is 0 Å². The van der Waals surface area contributed by atoms with Crippen LogP contribution in [-0.2, 0) is 11.2 Å². The summed E-state index contributed by atoms with van der Waals surface area (Å²) in [5, 5.41) is 10.1. The summed E-state index contributed by atoms with van der Waals surface area (Å²) in [6, 6.07) is 11.3. The number of fused-ring (bicyclic) bond motifs is 2. The number of carboxylic acids is 1. The minimum atomic E-state index is -0.906. The summed E-state index contributed by atoms with van der Waals surface area (Å²) in [6.45, 7) is 1.90. The van der Waals surface area contributed by atoms with E-state index in [-0.39, 0.29) is 18.0 Å². The molecule has 1 N–H and O–H groups in total. The molecule has 3 heterocycles. The normalized spacial score (nSPS) is 26.9. The Morgan fingerprint density at radius 3 is 2.69 bits per heavy atom. The van der Waals surface area contributed by atoms with E-state index in [0.29, 0.717) is 18.4 Å². The van der Waals surface area contributed by atoms with Gasteiger partial charge in [-0.2, -0.15) is 0 Å². The summed E-state index contributed by atoms with van der Waals surface area (Å²) in [7, 11) is 0. The topological polar surface area (TPSA) is 70.5 Å². The molecular weight excluding hydrogens is 328 g/mol. The van der Waals surface area contributed by atoms with Crippen LogP contribution < -0.4 is 0 Å². The lowest BCUT2D eigenvalue weighted by Gasteiger charge is -2.33. The molecule has 0 aliphatic carbocycles. The molecule has 134 valence electrons. The van der Waals surface area contributed by atoms with Crippen molar-refractivity contribution in [1.82, 2.24) is 9.88 Å². The van der Waals surface area contributed by atoms with Gasteiger partial charge in [0.05, 0.1) is 11.0 Å². The van der Waals surface area contributed by atoms with E-state index in [1.165, 1.54) is 0 Å². The van der Waals surface area contributed by atoms with Crippen LogP contribution in [0.3, 0.4) is 0 Å². The van der Waals surface area contributed by atoms with E-state index in [2.05, 4.69) is 4.98 Å². The number of amides is 1. The molecule has 4 rings (SSSR count). The van der Waals surface area contributed by atoms with Gasteiger partial charge in [-0.05, 0) is 49.8 Å². The average molecular weight is 350 g/mol. The van der Waals surface area contributed by atoms with Crippen molar-refractivity contribution >= 4 is 11.9 Å². The predicted molar refractivity (Wildman–Crippen MR) is 96.8 cm³/mol. The second-order valence-corrected chi connectivity index (χ2v) is 7.54. The number of carbonyl (C=O) groups excluding carboxylic acids is 1. The summed E-state index contributed by atoms with van der Waals surface area (Å²) in [4.78, 5) is 31.4. The molecular formula is C21H22N2O3. The number of rotatable bonds is 4. The maximum atomic E-state index is 13.1. The van der Waals surface area contributed by atoms with E-state index in [1.807, 2.05) is 48.2 Å². The van der Waals surface area contributed by atoms with Gasteiger partial charge in [0.2, 0.25) is 0 Å². The molecule has 5 nitrogen and oxygen atoms in total. The molecule has 0 unspecified atom stereocenters. The smallest absolute Gasteiger partial charge is 0.312 e. The zero-order valence-corrected chi connectivity index (χ0v) is 14.8. The SMILES string of the molecule is Cc1cncc(C(=O)N2[C@H]3CC[C@@H]2[C@](Cc2ccccc2)(C(=O)O)C3)c1. The molecule has 0 saturated carbocycles. The van der Waals surface area contributed by atoms with Crippen molar-refractivity contribution in [3.63, 3.8) is 0 Å². The first-order valence-corrected chi connectivity index (χ1v) is 9.03. The predicted octanol–water partition coefficient (Wildman–Crippen LogP) is 3.08. The number of aryl methyl sites for hydroxylation is 1. The van der Waals surface area contributed by atoms with Crippen LogP contribution in [0.2, 0.25) is 0 Å². The van der Waals surface area contributed by atoms with Crippen LogP contribution in [-0.4, -0.2) is 39.0 Å². The van der Waals surface area contributed by atoms with Crippen molar-refractivity contribution in [3.05, 3.63) is 65.5 Å². The molecule has 3 atom stereocenters. The third-order valence-electron chi connectivity index (χ3n) is 5.88. The Kier molecular flexibility index (Phi) is 4.02. The first-order valence-electron chi connectivity index (χ1n) is 9.03. The highest BCUT2D eigenvalue weighted by atomic mass is 16.4. The minimum Gasteiger partial charge on any atom is -0.481 e. The average Bonchev–Trinajstić information content (AvgIpc) is 3.18. The molecule has 26 heavy (non-hydrogen) atoms. The summed E-state index contributed by atoms with van der Waals surface area (Å²) in [5.41, 5.74) is 1.57. The van der Waals surface area contributed by atoms with E-state index in [1.54, 1.807) is 12.4 Å². The van der Waals surface area contributed by atoms with Crippen molar-refractivity contribution in [2.45, 2.75) is 44.7 Å². The van der Waals surface area contributed by atoms with Gasteiger partial charge >= 0.3 is 5.97 Å². The van der Waals surface area contributed by atoms with E-state index < -0.39 is 11.4 Å². The van der Waals surface area contributed by atoms with E-state index in [0.717, 1.165) is 24.0 Å². The highest BCUT2D eigenvalue weighted by Gasteiger charge is 2.61. The Morgan fingerprint density at radius 2 is 2.00 bits per heavy atom. The summed E-state index contributed by atoms with van der Waals surface area (Å²) in [5.74, 6) is -0.890. The van der Waals surface area contributed by atoms with Crippen molar-refractivity contribution in [3.8, 4) is 0 Å². The summed E-state index contributed by atoms with van der Waals surface area (Å²) in [6.07, 6.45) is 5.89. The fourth-order valence-electron chi connectivity index (χ4n) is 4.77. The largest absolute Gasteiger partial charge is 0.481 e. The number of hydrogen-bond acceptors (Lipinski definition) is 3. The second-order valence-electron chi connectivity index (χ2n) is 7.54. The van der Waals surface area contributed by atoms with Gasteiger partial charge in [0, 0.05) is 24.5 Å². The van der Waals surface area contributed by atoms with Gasteiger partial charge in [-0.1, -0.05) is 30.3 Å². The van der Waals surface area contributed by atoms with Crippen molar-refractivity contribution in [2.75, 3.05) is 0 Å². The highest BCUT2D eigenvalue weighted by Crippen LogP contribution is 2.52. The van der Waals surface area contributed by atoms with Gasteiger partial charge in [-0.15, -0.1) is 0 Å². The number of hydrogen-bond donors (Lipinski definition) is 1. The third-order valence-corrected chi connectivity index (χ3v) is 5.88. The van der Waals surface area contributed by atoms with Crippen LogP contribution in [0, 0.1) is 12.3 Å². The van der Waals surface area contributed by atoms with E-state index >= 15 is 0 Å². The number of benzene rings is 1. The first-order chi connectivity index (χ1) is 12.5. The molecule has 0 spiro atoms. The fraction of sp³-hybridized carbons (Fsp3) is 0.381. The number of aromatic nitrogens is 1. The number of nitrogens with zero attached hydrogens (tertiary/aromatic N) is 2. The lowest BCUT2D eigenvalue weighted by molar-refractivity contribution is -0.150. The Morgan fingerprint density at radius 1 is 1.23 bits per heavy atom. The summed E-state index contributed by atoms with van der Waals surface area (Å²) >= 11 is 0. The molecule has 0 radical (unpaired) electrons. The Balaban J connectivity index is 1.67. The lowest BCUT2D eigenvalue weighted by Crippen LogP contribution is -2.46. The summed E-state index contributed by atoms with van der Waals surface area (Å²) < 4.78 is 0. The molecule has 2 fully saturated rings. The van der Waals surface area contributed by atoms with Gasteiger partial charge in [0.1, 0.15) is 0 Å². The zero-order chi connectivity index (χ0) is 18.3. The Hall–Kier alpha value is -2.69. The van der Waals surface area contributed by atoms with Gasteiger partial charge in [0.25, 0.3) is 5.91 Å². The number of carbonyl (C=O) groups is 2. The third kappa shape index (κ3) is 2.59. The Labute approximate surface area is 152 Å². The number of pyridine rings is 1. The first kappa shape index (κ1) is 16.8. The molecule has 2 saturated heterocycles. The van der Waals surface area contributed by atoms with Crippen LogP contribution in [0.25, 0.3) is 0 Å². The van der Waals surface area contributed by atoms with E-state index in [4.69, 9.17) is 0 Å². The molecule has 5 heteroatoms. The molecule has 1 aromatic carbocycles. The van der Waals surface area contributed by atoms with Crippen LogP contribution in [0.15, 0.2) is 48.8 Å². The highest BCUT2D eigenvalue weighted by molar-refractivity contribution is 5.96. The van der Waals surface area contributed by atoms with Crippen molar-refractivity contribution < 1.29 is 14.7 Å². The quantitative estimate of drug-likeness (QED) is 0.920. The number of carboxylic acid groups (broad SMARTS) is 1. The van der Waals surface area contributed by atoms with Crippen LogP contribution in [0.4, 0.5) is 0 Å². The van der Waals surface area contributed by atoms with Crippen LogP contribution in [0.1, 0.15) is 40.7 Å². The minimum absolute atomic E-state index is 0.00664. The molecule has 2 aliphatic rings. The lowest BCUT2D eigenvalue weighted by atomic mass is 9.70. The molecule has 2 aliphatic heterocycles. The maximum absolute atomic E-state index is 13.1. The van der Waals surface area contributed by atoms with Crippen LogP contribution >= 0.6 is 0 Å². The van der Waals surface area contributed by atoms with Crippen molar-refractivity contribution in [1.29, 1.82) is 0 Å². The standard InChI is InChI=1S/C21H22N2O3/c1-14-9-16(13-22-12-14)19(24)23-17-7-8-18(23)21(11-17,20(25)26)10-15-5-3-2-4-6-15/h2-6,9,12-13,17-18H,7-8,10-11H2,1H3,(H,25,26)/t17-,18+,21+/m0/s1. The molecule has 1 aromatic heterocycles. The number of aliphatic carboxylic acids is 1. The molecule has 1 amide bonds. The van der Waals surface area contributed by atoms with Gasteiger partial charge in [-0.3, -0.25) is 14.6 Å². The molecule has 2 aromatic rings. The van der Waals surface area contributed by atoms with Gasteiger partial charge in [0.15, 0.2) is 0 Å². The van der Waals surface area contributed by atoms with E-state index in [9.17, 15) is 14.7 Å². The van der Waals surface area contributed by atoms with Crippen molar-refractivity contribution in [2.24, 2.45) is 5.41 Å². The van der Waals surface area contributed by atoms with Gasteiger partial charge < -0.3 is 10.0 Å². The monoisotopic (exact) mass is 350 g/mol. The molecule has 2 bridgehead atoms. The maximum Gasteiger partial charge on any atom is 0.312 e. The zero-order valence-electron chi connectivity index (χ0n) is 14.8.